The predicted octanol–water partition coefficient (Wildman–Crippen LogP) is 4.61. The summed E-state index contributed by atoms with van der Waals surface area (Å²) in [5, 5.41) is 6.39. The molecule has 2 N–H and O–H groups in total. The maximum absolute atomic E-state index is 12.2. The maximum Gasteiger partial charge on any atom is 0.319 e. The molecule has 1 aliphatic rings. The summed E-state index contributed by atoms with van der Waals surface area (Å²) in [6, 6.07) is 10.4. The lowest BCUT2D eigenvalue weighted by Crippen LogP contribution is -2.47. The summed E-state index contributed by atoms with van der Waals surface area (Å²) in [7, 11) is 0. The van der Waals surface area contributed by atoms with E-state index < -0.39 is 0 Å². The molecule has 2 heterocycles. The molecule has 138 valence electrons. The van der Waals surface area contributed by atoms with Crippen molar-refractivity contribution in [2.75, 3.05) is 11.9 Å². The van der Waals surface area contributed by atoms with Gasteiger partial charge in [-0.3, -0.25) is 0 Å². The first kappa shape index (κ1) is 18.5. The SMILES string of the molecule is CC1(C)CC(NC(=O)Nc2ccc(Oc3ccc(Cl)cn3)cc2)CCO1. The highest BCUT2D eigenvalue weighted by atomic mass is 35.5. The van der Waals surface area contributed by atoms with E-state index in [4.69, 9.17) is 21.1 Å². The van der Waals surface area contributed by atoms with E-state index >= 15 is 0 Å². The minimum atomic E-state index is -0.222. The quantitative estimate of drug-likeness (QED) is 0.818. The molecule has 1 saturated heterocycles. The smallest absolute Gasteiger partial charge is 0.319 e. The average Bonchev–Trinajstić information content (AvgIpc) is 2.58. The Morgan fingerprint density at radius 2 is 2.04 bits per heavy atom. The largest absolute Gasteiger partial charge is 0.439 e. The number of hydrogen-bond acceptors (Lipinski definition) is 4. The fraction of sp³-hybridized carbons (Fsp3) is 0.368. The summed E-state index contributed by atoms with van der Waals surface area (Å²) >= 11 is 5.80. The van der Waals surface area contributed by atoms with Crippen molar-refractivity contribution in [1.29, 1.82) is 0 Å². The van der Waals surface area contributed by atoms with E-state index in [1.807, 2.05) is 13.8 Å². The molecule has 7 heteroatoms. The number of carbonyl (C=O) groups is 1. The van der Waals surface area contributed by atoms with Crippen LogP contribution in [0.2, 0.25) is 5.02 Å². The van der Waals surface area contributed by atoms with Crippen LogP contribution in [0.15, 0.2) is 42.6 Å². The number of rotatable bonds is 4. The van der Waals surface area contributed by atoms with Crippen molar-refractivity contribution in [1.82, 2.24) is 10.3 Å². The first-order chi connectivity index (χ1) is 12.4. The van der Waals surface area contributed by atoms with E-state index in [0.717, 1.165) is 12.8 Å². The summed E-state index contributed by atoms with van der Waals surface area (Å²) in [6.45, 7) is 4.72. The number of carbonyl (C=O) groups excluding carboxylic acids is 1. The summed E-state index contributed by atoms with van der Waals surface area (Å²) in [5.74, 6) is 1.08. The second-order valence-electron chi connectivity index (χ2n) is 6.84. The number of nitrogens with zero attached hydrogens (tertiary/aromatic N) is 1. The Bertz CT molecular complexity index is 748. The van der Waals surface area contributed by atoms with Gasteiger partial charge in [0.15, 0.2) is 0 Å². The third kappa shape index (κ3) is 5.34. The Balaban J connectivity index is 1.52. The van der Waals surface area contributed by atoms with Gasteiger partial charge in [0, 0.05) is 30.6 Å². The Morgan fingerprint density at radius 3 is 2.69 bits per heavy atom. The topological polar surface area (TPSA) is 72.5 Å². The van der Waals surface area contributed by atoms with Gasteiger partial charge in [-0.15, -0.1) is 0 Å². The molecule has 26 heavy (non-hydrogen) atoms. The number of halogens is 1. The van der Waals surface area contributed by atoms with Crippen LogP contribution in [0.1, 0.15) is 26.7 Å². The lowest BCUT2D eigenvalue weighted by Gasteiger charge is -2.35. The fourth-order valence-corrected chi connectivity index (χ4v) is 2.97. The summed E-state index contributed by atoms with van der Waals surface area (Å²) in [6.07, 6.45) is 3.13. The van der Waals surface area contributed by atoms with Crippen molar-refractivity contribution in [2.24, 2.45) is 0 Å². The van der Waals surface area contributed by atoms with E-state index in [-0.39, 0.29) is 17.7 Å². The molecule has 0 bridgehead atoms. The highest BCUT2D eigenvalue weighted by Crippen LogP contribution is 2.24. The van der Waals surface area contributed by atoms with Gasteiger partial charge in [-0.2, -0.15) is 0 Å². The number of amides is 2. The van der Waals surface area contributed by atoms with Gasteiger partial charge >= 0.3 is 6.03 Å². The standard InChI is InChI=1S/C19H22ClN3O3/c1-19(2)11-15(9-10-25-19)23-18(24)22-14-4-6-16(7-5-14)26-17-8-3-13(20)12-21-17/h3-8,12,15H,9-11H2,1-2H3,(H2,22,23,24). The minimum Gasteiger partial charge on any atom is -0.439 e. The van der Waals surface area contributed by atoms with Crippen LogP contribution in [0.25, 0.3) is 0 Å². The molecule has 0 spiro atoms. The van der Waals surface area contributed by atoms with E-state index in [2.05, 4.69) is 15.6 Å². The van der Waals surface area contributed by atoms with Crippen LogP contribution in [-0.2, 0) is 4.74 Å². The zero-order valence-electron chi connectivity index (χ0n) is 14.8. The Morgan fingerprint density at radius 1 is 1.27 bits per heavy atom. The van der Waals surface area contributed by atoms with Gasteiger partial charge in [0.25, 0.3) is 0 Å². The van der Waals surface area contributed by atoms with E-state index in [1.165, 1.54) is 6.20 Å². The maximum atomic E-state index is 12.2. The molecule has 1 atom stereocenters. The molecule has 0 radical (unpaired) electrons. The minimum absolute atomic E-state index is 0.109. The molecule has 2 aromatic rings. The molecule has 3 rings (SSSR count). The molecule has 1 aromatic carbocycles. The van der Waals surface area contributed by atoms with Crippen molar-refractivity contribution >= 4 is 23.3 Å². The number of nitrogens with one attached hydrogen (secondary N) is 2. The zero-order chi connectivity index (χ0) is 18.6. The first-order valence-corrected chi connectivity index (χ1v) is 8.88. The molecule has 2 amide bonds. The van der Waals surface area contributed by atoms with Crippen LogP contribution < -0.4 is 15.4 Å². The Kier molecular flexibility index (Phi) is 5.64. The lowest BCUT2D eigenvalue weighted by atomic mass is 9.94. The van der Waals surface area contributed by atoms with Gasteiger partial charge in [0.2, 0.25) is 5.88 Å². The van der Waals surface area contributed by atoms with Crippen LogP contribution >= 0.6 is 11.6 Å². The van der Waals surface area contributed by atoms with E-state index in [0.29, 0.717) is 28.9 Å². The van der Waals surface area contributed by atoms with Gasteiger partial charge in [-0.1, -0.05) is 11.6 Å². The van der Waals surface area contributed by atoms with Crippen LogP contribution in [0.4, 0.5) is 10.5 Å². The van der Waals surface area contributed by atoms with Gasteiger partial charge in [0.05, 0.1) is 10.6 Å². The monoisotopic (exact) mass is 375 g/mol. The highest BCUT2D eigenvalue weighted by molar-refractivity contribution is 6.30. The molecular formula is C19H22ClN3O3. The van der Waals surface area contributed by atoms with Gasteiger partial charge in [-0.05, 0) is 57.0 Å². The highest BCUT2D eigenvalue weighted by Gasteiger charge is 2.29. The van der Waals surface area contributed by atoms with Crippen molar-refractivity contribution in [2.45, 2.75) is 38.3 Å². The second-order valence-corrected chi connectivity index (χ2v) is 7.27. The van der Waals surface area contributed by atoms with Crippen molar-refractivity contribution in [3.63, 3.8) is 0 Å². The van der Waals surface area contributed by atoms with Crippen LogP contribution in [-0.4, -0.2) is 29.3 Å². The lowest BCUT2D eigenvalue weighted by molar-refractivity contribution is -0.0609. The molecule has 1 aliphatic heterocycles. The van der Waals surface area contributed by atoms with Crippen LogP contribution in [0, 0.1) is 0 Å². The molecule has 1 aromatic heterocycles. The van der Waals surface area contributed by atoms with Crippen molar-refractivity contribution in [3.05, 3.63) is 47.6 Å². The third-order valence-corrected chi connectivity index (χ3v) is 4.29. The van der Waals surface area contributed by atoms with E-state index in [9.17, 15) is 4.79 Å². The number of aromatic nitrogens is 1. The molecular weight excluding hydrogens is 354 g/mol. The molecule has 0 saturated carbocycles. The number of anilines is 1. The van der Waals surface area contributed by atoms with Gasteiger partial charge < -0.3 is 20.1 Å². The van der Waals surface area contributed by atoms with Crippen molar-refractivity contribution in [3.8, 4) is 11.6 Å². The number of pyridine rings is 1. The molecule has 1 unspecified atom stereocenters. The Labute approximate surface area is 157 Å². The number of urea groups is 1. The molecule has 0 aliphatic carbocycles. The number of hydrogen-bond donors (Lipinski definition) is 2. The van der Waals surface area contributed by atoms with Crippen LogP contribution in [0.3, 0.4) is 0 Å². The average molecular weight is 376 g/mol. The summed E-state index contributed by atoms with van der Waals surface area (Å²) < 4.78 is 11.3. The van der Waals surface area contributed by atoms with Crippen molar-refractivity contribution < 1.29 is 14.3 Å². The zero-order valence-corrected chi connectivity index (χ0v) is 15.5. The number of benzene rings is 1. The summed E-state index contributed by atoms with van der Waals surface area (Å²) in [5.41, 5.74) is 0.482. The molecule has 1 fully saturated rings. The summed E-state index contributed by atoms with van der Waals surface area (Å²) in [4.78, 5) is 16.3. The fourth-order valence-electron chi connectivity index (χ4n) is 2.86. The molecule has 6 nitrogen and oxygen atoms in total. The van der Waals surface area contributed by atoms with Gasteiger partial charge in [-0.25, -0.2) is 9.78 Å². The normalized spacial score (nSPS) is 18.8. The first-order valence-electron chi connectivity index (χ1n) is 8.51. The van der Waals surface area contributed by atoms with E-state index in [1.54, 1.807) is 36.4 Å². The number of ether oxygens (including phenoxy) is 2. The third-order valence-electron chi connectivity index (χ3n) is 4.07. The Hall–Kier alpha value is -2.31. The predicted molar refractivity (Wildman–Crippen MR) is 101 cm³/mol. The van der Waals surface area contributed by atoms with Gasteiger partial charge in [0.1, 0.15) is 5.75 Å². The van der Waals surface area contributed by atoms with Crippen LogP contribution in [0.5, 0.6) is 11.6 Å². The second kappa shape index (κ2) is 7.93.